The number of carbonyl (C=O) groups excluding carboxylic acids is 3. The number of nitrogens with one attached hydrogen (secondary N) is 2. The maximum absolute atomic E-state index is 15.5. The molecule has 0 aromatic heterocycles. The van der Waals surface area contributed by atoms with Crippen molar-refractivity contribution in [2.75, 3.05) is 0 Å². The quantitative estimate of drug-likeness (QED) is 0.307. The summed E-state index contributed by atoms with van der Waals surface area (Å²) in [5.74, 6) is 2.29. The van der Waals surface area contributed by atoms with Crippen LogP contribution in [0.25, 0.3) is 0 Å². The molecule has 6 heteroatoms. The van der Waals surface area contributed by atoms with Crippen LogP contribution in [0.3, 0.4) is 0 Å². The zero-order valence-corrected chi connectivity index (χ0v) is 34.3. The molecule has 6 aliphatic carbocycles. The predicted molar refractivity (Wildman–Crippen MR) is 207 cm³/mol. The maximum Gasteiger partial charge on any atom is 0.408 e. The number of hydrogen-bond acceptors (Lipinski definition) is 4. The Morgan fingerprint density at radius 3 is 2.10 bits per heavy atom. The van der Waals surface area contributed by atoms with Gasteiger partial charge in [0.25, 0.3) is 0 Å². The highest BCUT2D eigenvalue weighted by Crippen LogP contribution is 2.77. The number of fused-ring (bicyclic) bond motifs is 7. The van der Waals surface area contributed by atoms with Crippen LogP contribution in [0.15, 0.2) is 30.3 Å². The molecule has 0 unspecified atom stereocenters. The minimum absolute atomic E-state index is 0.0833. The third kappa shape index (κ3) is 5.55. The van der Waals surface area contributed by atoms with Crippen LogP contribution < -0.4 is 10.6 Å². The molecule has 0 radical (unpaired) electrons. The monoisotopic (exact) mass is 715 g/mol. The molecule has 7 rings (SSSR count). The fraction of sp³-hybridized carbons (Fsp3) is 0.804. The number of ketones is 1. The third-order valence-electron chi connectivity index (χ3n) is 17.4. The molecule has 2 N–H and O–H groups in total. The topological polar surface area (TPSA) is 84.5 Å². The van der Waals surface area contributed by atoms with E-state index in [0.717, 1.165) is 25.2 Å². The second-order valence-electron chi connectivity index (χ2n) is 21.5. The lowest BCUT2D eigenvalue weighted by Crippen LogP contribution is -2.66. The Bertz CT molecular complexity index is 1560. The summed E-state index contributed by atoms with van der Waals surface area (Å²) in [7, 11) is 0. The van der Waals surface area contributed by atoms with Gasteiger partial charge in [0.15, 0.2) is 5.78 Å². The van der Waals surface area contributed by atoms with E-state index in [4.69, 9.17) is 4.74 Å². The minimum Gasteiger partial charge on any atom is -0.444 e. The van der Waals surface area contributed by atoms with Gasteiger partial charge in [0.05, 0.1) is 6.04 Å². The number of benzene rings is 1. The fourth-order valence-electron chi connectivity index (χ4n) is 14.7. The summed E-state index contributed by atoms with van der Waals surface area (Å²) in [6, 6.07) is 10.1. The van der Waals surface area contributed by atoms with Gasteiger partial charge in [0.1, 0.15) is 11.1 Å². The van der Waals surface area contributed by atoms with Crippen LogP contribution in [0.1, 0.15) is 152 Å². The number of carbonyl (C=O) groups is 3. The first kappa shape index (κ1) is 37.9. The highest BCUT2D eigenvalue weighted by molar-refractivity contribution is 5.99. The van der Waals surface area contributed by atoms with Crippen molar-refractivity contribution < 1.29 is 19.1 Å². The van der Waals surface area contributed by atoms with E-state index in [1.807, 2.05) is 20.8 Å². The van der Waals surface area contributed by atoms with E-state index >= 15 is 4.79 Å². The molecule has 0 bridgehead atoms. The van der Waals surface area contributed by atoms with E-state index in [9.17, 15) is 9.59 Å². The molecule has 52 heavy (non-hydrogen) atoms. The van der Waals surface area contributed by atoms with Gasteiger partial charge in [-0.15, -0.1) is 0 Å². The summed E-state index contributed by atoms with van der Waals surface area (Å²) in [5, 5.41) is 6.37. The van der Waals surface area contributed by atoms with Gasteiger partial charge in [-0.1, -0.05) is 85.2 Å². The van der Waals surface area contributed by atoms with Crippen LogP contribution in [-0.2, 0) is 20.7 Å². The van der Waals surface area contributed by atoms with Gasteiger partial charge in [-0.2, -0.15) is 0 Å². The number of hydrogen-bond donors (Lipinski definition) is 2. The van der Waals surface area contributed by atoms with Gasteiger partial charge >= 0.3 is 6.09 Å². The molecular weight excluding hydrogens is 645 g/mol. The lowest BCUT2D eigenvalue weighted by molar-refractivity contribution is -0.234. The average molecular weight is 715 g/mol. The number of ether oxygens (including phenoxy) is 1. The maximum atomic E-state index is 15.5. The molecule has 288 valence electrons. The Hall–Kier alpha value is -2.37. The van der Waals surface area contributed by atoms with Gasteiger partial charge in [-0.3, -0.25) is 9.59 Å². The van der Waals surface area contributed by atoms with Crippen molar-refractivity contribution in [3.63, 3.8) is 0 Å². The summed E-state index contributed by atoms with van der Waals surface area (Å²) in [6.45, 7) is 23.2. The normalized spacial score (nSPS) is 41.8. The summed E-state index contributed by atoms with van der Waals surface area (Å²) in [5.41, 5.74) is 0.0219. The zero-order chi connectivity index (χ0) is 37.7. The Balaban J connectivity index is 1.26. The summed E-state index contributed by atoms with van der Waals surface area (Å²) in [4.78, 5) is 43.0. The molecule has 1 aromatic carbocycles. The van der Waals surface area contributed by atoms with Crippen molar-refractivity contribution in [1.29, 1.82) is 0 Å². The number of alkyl carbamates (subject to hydrolysis) is 1. The zero-order valence-electron chi connectivity index (χ0n) is 34.3. The van der Waals surface area contributed by atoms with E-state index in [2.05, 4.69) is 89.4 Å². The Morgan fingerprint density at radius 1 is 0.827 bits per heavy atom. The number of amides is 2. The molecule has 1 aromatic rings. The number of rotatable bonds is 6. The second kappa shape index (κ2) is 12.6. The SMILES string of the molecule is CC(C)[C@]1(Cc2ccccc2)C(=O)[C@@H](NC(=O)C2(NC(=O)OC(C)(C)C)CCC2)[C@H]2CC[C@@]3(C)[C@@H](CC[C@H]4[C@@]5(C)CCCC(C)(C)[C@@H]5CC[C@@]43C)[C@@H]21. The van der Waals surface area contributed by atoms with Crippen LogP contribution in [-0.4, -0.2) is 35.0 Å². The molecule has 0 heterocycles. The van der Waals surface area contributed by atoms with Crippen molar-refractivity contribution in [3.8, 4) is 0 Å². The van der Waals surface area contributed by atoms with Gasteiger partial charge in [0.2, 0.25) is 5.91 Å². The molecule has 0 aliphatic heterocycles. The van der Waals surface area contributed by atoms with Crippen molar-refractivity contribution in [3.05, 3.63) is 35.9 Å². The van der Waals surface area contributed by atoms with Gasteiger partial charge in [-0.05, 0) is 161 Å². The lowest BCUT2D eigenvalue weighted by Gasteiger charge is -2.72. The molecular formula is C46H70N2O4. The molecule has 6 fully saturated rings. The van der Waals surface area contributed by atoms with Crippen LogP contribution >= 0.6 is 0 Å². The highest BCUT2D eigenvalue weighted by Gasteiger charge is 2.73. The van der Waals surface area contributed by atoms with Crippen LogP contribution in [0.5, 0.6) is 0 Å². The molecule has 0 spiro atoms. The van der Waals surface area contributed by atoms with Crippen molar-refractivity contribution >= 4 is 17.8 Å². The number of Topliss-reactive ketones (excluding diaryl/α,β-unsaturated/α-hetero) is 1. The first-order valence-corrected chi connectivity index (χ1v) is 21.1. The molecule has 6 nitrogen and oxygen atoms in total. The lowest BCUT2D eigenvalue weighted by atomic mass is 9.32. The Morgan fingerprint density at radius 2 is 1.48 bits per heavy atom. The average Bonchev–Trinajstić information content (AvgIpc) is 3.25. The van der Waals surface area contributed by atoms with Crippen LogP contribution in [0, 0.1) is 62.6 Å². The highest BCUT2D eigenvalue weighted by atomic mass is 16.6. The smallest absolute Gasteiger partial charge is 0.408 e. The fourth-order valence-corrected chi connectivity index (χ4v) is 14.7. The van der Waals surface area contributed by atoms with E-state index < -0.39 is 28.7 Å². The van der Waals surface area contributed by atoms with Gasteiger partial charge < -0.3 is 15.4 Å². The Labute approximate surface area is 315 Å². The molecule has 2 amide bonds. The largest absolute Gasteiger partial charge is 0.444 e. The third-order valence-corrected chi connectivity index (χ3v) is 17.4. The summed E-state index contributed by atoms with van der Waals surface area (Å²) in [6.07, 6.45) is 13.2. The van der Waals surface area contributed by atoms with Crippen molar-refractivity contribution in [2.24, 2.45) is 62.6 Å². The first-order valence-electron chi connectivity index (χ1n) is 21.1. The van der Waals surface area contributed by atoms with Crippen LogP contribution in [0.4, 0.5) is 4.79 Å². The van der Waals surface area contributed by atoms with E-state index in [0.29, 0.717) is 41.9 Å². The first-order chi connectivity index (χ1) is 24.2. The van der Waals surface area contributed by atoms with E-state index in [-0.39, 0.29) is 40.3 Å². The molecule has 6 saturated carbocycles. The predicted octanol–water partition coefficient (Wildman–Crippen LogP) is 10.1. The second-order valence-corrected chi connectivity index (χ2v) is 21.5. The van der Waals surface area contributed by atoms with E-state index in [1.165, 1.54) is 50.5 Å². The van der Waals surface area contributed by atoms with Crippen molar-refractivity contribution in [2.45, 2.75) is 170 Å². The molecule has 0 saturated heterocycles. The van der Waals surface area contributed by atoms with E-state index in [1.54, 1.807) is 0 Å². The van der Waals surface area contributed by atoms with Gasteiger partial charge in [-0.25, -0.2) is 4.79 Å². The summed E-state index contributed by atoms with van der Waals surface area (Å²) >= 11 is 0. The molecule has 6 aliphatic rings. The minimum atomic E-state index is -1.03. The van der Waals surface area contributed by atoms with Crippen LogP contribution in [0.2, 0.25) is 0 Å². The van der Waals surface area contributed by atoms with Gasteiger partial charge in [0, 0.05) is 5.41 Å². The standard InChI is InChI=1S/C46H70N2O4/c1-29(2)46(28-30-16-12-11-13-17-30)35-31(36(37(46)49)47-38(50)45(24-15-25-45)48-39(51)52-40(3,4)5)20-26-43(9)32(35)18-19-34-42(8)23-14-22-41(6,7)33(42)21-27-44(34,43)10/h11-13,16-17,29,31-36H,14-15,18-28H2,1-10H3,(H,47,50)(H,48,51)/t31-,32-,33-,34-,35+,36-,42-,43-,44-,46-/m0/s1. The summed E-state index contributed by atoms with van der Waals surface area (Å²) < 4.78 is 5.60. The Kier molecular flexibility index (Phi) is 9.18. The molecule has 10 atom stereocenters. The van der Waals surface area contributed by atoms with Crippen molar-refractivity contribution in [1.82, 2.24) is 10.6 Å².